The van der Waals surface area contributed by atoms with E-state index < -0.39 is 0 Å². The number of rotatable bonds is 3. The van der Waals surface area contributed by atoms with Crippen LogP contribution in [0.3, 0.4) is 0 Å². The van der Waals surface area contributed by atoms with Gasteiger partial charge in [-0.05, 0) is 55.7 Å². The van der Waals surface area contributed by atoms with Crippen molar-refractivity contribution >= 4 is 11.4 Å². The van der Waals surface area contributed by atoms with Gasteiger partial charge >= 0.3 is 0 Å². The molecule has 0 amide bonds. The Labute approximate surface area is 115 Å². The first-order valence-corrected chi connectivity index (χ1v) is 6.63. The van der Waals surface area contributed by atoms with Crippen LogP contribution in [0.2, 0.25) is 0 Å². The molecule has 2 heteroatoms. The van der Waals surface area contributed by atoms with E-state index in [0.717, 1.165) is 0 Å². The number of nitrogens with two attached hydrogens (primary N) is 1. The Bertz CT molecular complexity index is 568. The van der Waals surface area contributed by atoms with Crippen LogP contribution in [0.4, 0.5) is 11.4 Å². The van der Waals surface area contributed by atoms with Gasteiger partial charge in [0, 0.05) is 25.0 Å². The first kappa shape index (κ1) is 13.6. The Hall–Kier alpha value is -1.80. The second kappa shape index (κ2) is 5.45. The molecule has 0 heterocycles. The van der Waals surface area contributed by atoms with Crippen LogP contribution in [-0.2, 0) is 6.54 Å². The van der Waals surface area contributed by atoms with Gasteiger partial charge in [-0.3, -0.25) is 0 Å². The average molecular weight is 254 g/mol. The molecule has 100 valence electrons. The number of benzene rings is 2. The van der Waals surface area contributed by atoms with E-state index in [4.69, 9.17) is 5.73 Å². The summed E-state index contributed by atoms with van der Waals surface area (Å²) >= 11 is 0. The van der Waals surface area contributed by atoms with Gasteiger partial charge in [0.15, 0.2) is 0 Å². The minimum Gasteiger partial charge on any atom is -0.344 e. The zero-order chi connectivity index (χ0) is 14.0. The molecule has 0 saturated carbocycles. The third kappa shape index (κ3) is 2.96. The SMILES string of the molecule is Cc1cc(C)cc(N(C)c2ccc(C)cc2CN)c1. The number of anilines is 2. The molecule has 0 aromatic heterocycles. The fraction of sp³-hybridized carbons (Fsp3) is 0.294. The molecule has 0 bridgehead atoms. The summed E-state index contributed by atoms with van der Waals surface area (Å²) in [5.41, 5.74) is 13.2. The van der Waals surface area contributed by atoms with E-state index in [2.05, 4.69) is 69.1 Å². The molecule has 0 fully saturated rings. The van der Waals surface area contributed by atoms with E-state index in [1.54, 1.807) is 0 Å². The fourth-order valence-corrected chi connectivity index (χ4v) is 2.49. The zero-order valence-electron chi connectivity index (χ0n) is 12.2. The lowest BCUT2D eigenvalue weighted by Gasteiger charge is -2.23. The van der Waals surface area contributed by atoms with Gasteiger partial charge in [0.2, 0.25) is 0 Å². The van der Waals surface area contributed by atoms with Gasteiger partial charge in [0.1, 0.15) is 0 Å². The predicted molar refractivity (Wildman–Crippen MR) is 83.0 cm³/mol. The largest absolute Gasteiger partial charge is 0.344 e. The Kier molecular flexibility index (Phi) is 3.91. The molecular weight excluding hydrogens is 232 g/mol. The second-order valence-corrected chi connectivity index (χ2v) is 5.24. The standard InChI is InChI=1S/C17H22N2/c1-12-5-6-17(15(8-12)11-18)19(4)16-9-13(2)7-14(3)10-16/h5-10H,11,18H2,1-4H3. The highest BCUT2D eigenvalue weighted by molar-refractivity contribution is 5.67. The van der Waals surface area contributed by atoms with Crippen LogP contribution in [0.5, 0.6) is 0 Å². The highest BCUT2D eigenvalue weighted by atomic mass is 15.1. The van der Waals surface area contributed by atoms with Crippen LogP contribution in [-0.4, -0.2) is 7.05 Å². The van der Waals surface area contributed by atoms with Crippen LogP contribution in [0, 0.1) is 20.8 Å². The molecule has 0 atom stereocenters. The van der Waals surface area contributed by atoms with Crippen LogP contribution in [0.25, 0.3) is 0 Å². The molecule has 0 aliphatic heterocycles. The molecule has 2 nitrogen and oxygen atoms in total. The molecule has 0 aliphatic rings. The fourth-order valence-electron chi connectivity index (χ4n) is 2.49. The Morgan fingerprint density at radius 1 is 0.895 bits per heavy atom. The Balaban J connectivity index is 2.46. The Morgan fingerprint density at radius 2 is 1.53 bits per heavy atom. The average Bonchev–Trinajstić information content (AvgIpc) is 2.36. The summed E-state index contributed by atoms with van der Waals surface area (Å²) in [6.07, 6.45) is 0. The second-order valence-electron chi connectivity index (χ2n) is 5.24. The molecule has 0 spiro atoms. The van der Waals surface area contributed by atoms with Crippen LogP contribution >= 0.6 is 0 Å². The Morgan fingerprint density at radius 3 is 2.11 bits per heavy atom. The normalized spacial score (nSPS) is 10.6. The molecule has 0 unspecified atom stereocenters. The highest BCUT2D eigenvalue weighted by Gasteiger charge is 2.09. The minimum atomic E-state index is 0.562. The molecule has 0 saturated heterocycles. The van der Waals surface area contributed by atoms with E-state index >= 15 is 0 Å². The third-order valence-electron chi connectivity index (χ3n) is 3.41. The summed E-state index contributed by atoms with van der Waals surface area (Å²) in [5, 5.41) is 0. The van der Waals surface area contributed by atoms with Gasteiger partial charge in [-0.1, -0.05) is 23.8 Å². The summed E-state index contributed by atoms with van der Waals surface area (Å²) < 4.78 is 0. The first-order valence-electron chi connectivity index (χ1n) is 6.63. The smallest absolute Gasteiger partial charge is 0.0453 e. The summed E-state index contributed by atoms with van der Waals surface area (Å²) in [5.74, 6) is 0. The molecule has 2 aromatic carbocycles. The van der Waals surface area contributed by atoms with Crippen molar-refractivity contribution in [3.63, 3.8) is 0 Å². The van der Waals surface area contributed by atoms with Gasteiger partial charge in [-0.2, -0.15) is 0 Å². The van der Waals surface area contributed by atoms with Crippen molar-refractivity contribution in [3.05, 3.63) is 58.7 Å². The maximum Gasteiger partial charge on any atom is 0.0453 e. The van der Waals surface area contributed by atoms with Gasteiger partial charge in [-0.15, -0.1) is 0 Å². The summed E-state index contributed by atoms with van der Waals surface area (Å²) in [7, 11) is 2.10. The van der Waals surface area contributed by atoms with E-state index in [1.807, 2.05) is 0 Å². The van der Waals surface area contributed by atoms with Crippen LogP contribution < -0.4 is 10.6 Å². The molecule has 0 aliphatic carbocycles. The lowest BCUT2D eigenvalue weighted by Crippen LogP contribution is -2.14. The lowest BCUT2D eigenvalue weighted by molar-refractivity contribution is 1.04. The quantitative estimate of drug-likeness (QED) is 0.901. The molecule has 2 aromatic rings. The summed E-state index contributed by atoms with van der Waals surface area (Å²) in [6.45, 7) is 6.92. The van der Waals surface area contributed by atoms with Crippen molar-refractivity contribution in [2.75, 3.05) is 11.9 Å². The number of hydrogen-bond acceptors (Lipinski definition) is 2. The minimum absolute atomic E-state index is 0.562. The highest BCUT2D eigenvalue weighted by Crippen LogP contribution is 2.29. The van der Waals surface area contributed by atoms with Crippen molar-refractivity contribution in [1.29, 1.82) is 0 Å². The van der Waals surface area contributed by atoms with Crippen molar-refractivity contribution < 1.29 is 0 Å². The maximum absolute atomic E-state index is 5.87. The molecule has 2 N–H and O–H groups in total. The van der Waals surface area contributed by atoms with Gasteiger partial charge < -0.3 is 10.6 Å². The number of nitrogens with zero attached hydrogens (tertiary/aromatic N) is 1. The van der Waals surface area contributed by atoms with Gasteiger partial charge in [0.25, 0.3) is 0 Å². The lowest BCUT2D eigenvalue weighted by atomic mass is 10.1. The molecule has 19 heavy (non-hydrogen) atoms. The maximum atomic E-state index is 5.87. The van der Waals surface area contributed by atoms with E-state index in [1.165, 1.54) is 33.6 Å². The van der Waals surface area contributed by atoms with Gasteiger partial charge in [-0.25, -0.2) is 0 Å². The molecule has 2 rings (SSSR count). The van der Waals surface area contributed by atoms with E-state index in [0.29, 0.717) is 6.54 Å². The summed E-state index contributed by atoms with van der Waals surface area (Å²) in [6, 6.07) is 13.0. The zero-order valence-corrected chi connectivity index (χ0v) is 12.2. The van der Waals surface area contributed by atoms with Crippen LogP contribution in [0.1, 0.15) is 22.3 Å². The van der Waals surface area contributed by atoms with Crippen molar-refractivity contribution in [1.82, 2.24) is 0 Å². The van der Waals surface area contributed by atoms with Crippen molar-refractivity contribution in [2.24, 2.45) is 5.73 Å². The van der Waals surface area contributed by atoms with E-state index in [9.17, 15) is 0 Å². The molecular formula is C17H22N2. The van der Waals surface area contributed by atoms with Crippen molar-refractivity contribution in [3.8, 4) is 0 Å². The first-order chi connectivity index (χ1) is 9.01. The number of aryl methyl sites for hydroxylation is 3. The topological polar surface area (TPSA) is 29.3 Å². The predicted octanol–water partition coefficient (Wildman–Crippen LogP) is 3.84. The summed E-state index contributed by atoms with van der Waals surface area (Å²) in [4.78, 5) is 2.21. The molecule has 0 radical (unpaired) electrons. The monoisotopic (exact) mass is 254 g/mol. The third-order valence-corrected chi connectivity index (χ3v) is 3.41. The number of hydrogen-bond donors (Lipinski definition) is 1. The van der Waals surface area contributed by atoms with Crippen LogP contribution in [0.15, 0.2) is 36.4 Å². The van der Waals surface area contributed by atoms with Crippen molar-refractivity contribution in [2.45, 2.75) is 27.3 Å². The van der Waals surface area contributed by atoms with Gasteiger partial charge in [0.05, 0.1) is 0 Å². The van der Waals surface area contributed by atoms with E-state index in [-0.39, 0.29) is 0 Å².